The maximum atomic E-state index is 2.31. The van der Waals surface area contributed by atoms with Gasteiger partial charge < -0.3 is 1.43 Å². The molecule has 55 valence electrons. The summed E-state index contributed by atoms with van der Waals surface area (Å²) in [6.45, 7) is 9.25. The van der Waals surface area contributed by atoms with Crippen LogP contribution in [0.2, 0.25) is 10.6 Å². The molecule has 0 aromatic heterocycles. The van der Waals surface area contributed by atoms with Gasteiger partial charge in [0, 0.05) is 0 Å². The summed E-state index contributed by atoms with van der Waals surface area (Å²) in [4.78, 5) is 0. The van der Waals surface area contributed by atoms with E-state index in [4.69, 9.17) is 0 Å². The fourth-order valence-corrected chi connectivity index (χ4v) is 2.29. The lowest BCUT2D eigenvalue weighted by molar-refractivity contribution is 0.700. The SMILES string of the molecule is CC(C)[CH2][Al][CH2]C(C)C.[H-]. The van der Waals surface area contributed by atoms with Crippen LogP contribution in [-0.2, 0) is 0 Å². The van der Waals surface area contributed by atoms with Crippen molar-refractivity contribution in [3.05, 3.63) is 0 Å². The van der Waals surface area contributed by atoms with Gasteiger partial charge in [-0.1, -0.05) is 39.5 Å². The highest BCUT2D eigenvalue weighted by Gasteiger charge is 1.98. The summed E-state index contributed by atoms with van der Waals surface area (Å²) in [7, 11) is 0. The predicted octanol–water partition coefficient (Wildman–Crippen LogP) is 2.95. The largest absolute Gasteiger partial charge is 1.00 e. The van der Waals surface area contributed by atoms with Crippen molar-refractivity contribution in [3.8, 4) is 0 Å². The zero-order chi connectivity index (χ0) is 7.28. The zero-order valence-corrected chi connectivity index (χ0v) is 8.30. The van der Waals surface area contributed by atoms with E-state index in [0.717, 1.165) is 27.1 Å². The summed E-state index contributed by atoms with van der Waals surface area (Å²) in [5.74, 6) is 1.86. The third-order valence-corrected chi connectivity index (χ3v) is 3.83. The molecule has 0 heterocycles. The van der Waals surface area contributed by atoms with Crippen molar-refractivity contribution >= 4 is 15.2 Å². The van der Waals surface area contributed by atoms with Crippen molar-refractivity contribution < 1.29 is 1.43 Å². The normalized spacial score (nSPS) is 10.9. The van der Waals surface area contributed by atoms with Gasteiger partial charge in [0.1, 0.15) is 0 Å². The first-order chi connectivity index (χ1) is 4.13. The molecular formula is C8H19Al-. The van der Waals surface area contributed by atoms with Gasteiger partial charge in [-0.15, -0.1) is 10.6 Å². The fraction of sp³-hybridized carbons (Fsp3) is 1.00. The minimum Gasteiger partial charge on any atom is -1.00 e. The third kappa shape index (κ3) is 8.53. The quantitative estimate of drug-likeness (QED) is 0.529. The van der Waals surface area contributed by atoms with E-state index in [1.54, 1.807) is 0 Å². The van der Waals surface area contributed by atoms with Crippen LogP contribution in [0.3, 0.4) is 0 Å². The molecule has 0 amide bonds. The second-order valence-corrected chi connectivity index (χ2v) is 5.07. The Morgan fingerprint density at radius 3 is 1.56 bits per heavy atom. The number of rotatable bonds is 4. The molecule has 1 radical (unpaired) electrons. The van der Waals surface area contributed by atoms with Crippen molar-refractivity contribution in [2.45, 2.75) is 38.3 Å². The first kappa shape index (κ1) is 9.53. The summed E-state index contributed by atoms with van der Waals surface area (Å²) in [6.07, 6.45) is 0. The molecule has 0 atom stereocenters. The standard InChI is InChI=1S/2C4H9.Al.H/c2*1-4(2)3;;/h2*4H,1H2,2-3H3;;/q;;;-1. The molecule has 0 nitrogen and oxygen atoms in total. The Morgan fingerprint density at radius 2 is 1.33 bits per heavy atom. The molecule has 1 heteroatoms. The molecule has 0 unspecified atom stereocenters. The topological polar surface area (TPSA) is 0 Å². The molecule has 9 heavy (non-hydrogen) atoms. The lowest BCUT2D eigenvalue weighted by atomic mass is 10.3. The van der Waals surface area contributed by atoms with Crippen molar-refractivity contribution in [2.75, 3.05) is 0 Å². The third-order valence-electron chi connectivity index (χ3n) is 1.28. The Kier molecular flexibility index (Phi) is 5.64. The highest BCUT2D eigenvalue weighted by Crippen LogP contribution is 2.05. The van der Waals surface area contributed by atoms with E-state index >= 15 is 0 Å². The lowest BCUT2D eigenvalue weighted by Gasteiger charge is -2.03. The molecule has 0 saturated heterocycles. The fourth-order valence-electron chi connectivity index (χ4n) is 0.763. The van der Waals surface area contributed by atoms with Crippen LogP contribution in [0.4, 0.5) is 0 Å². The number of hydrogen-bond donors (Lipinski definition) is 0. The van der Waals surface area contributed by atoms with E-state index in [1.807, 2.05) is 0 Å². The molecule has 0 spiro atoms. The van der Waals surface area contributed by atoms with Gasteiger partial charge in [-0.05, 0) is 0 Å². The highest BCUT2D eigenvalue weighted by atomic mass is 27.1. The molecule has 0 N–H and O–H groups in total. The van der Waals surface area contributed by atoms with E-state index in [-0.39, 0.29) is 1.43 Å². The van der Waals surface area contributed by atoms with Crippen LogP contribution in [0, 0.1) is 11.8 Å². The average molecular weight is 142 g/mol. The summed E-state index contributed by atoms with van der Waals surface area (Å²) < 4.78 is 0. The Hall–Kier alpha value is 0.532. The number of hydrogen-bond acceptors (Lipinski definition) is 0. The smallest absolute Gasteiger partial charge is 0.200 e. The molecule has 0 saturated carbocycles. The summed E-state index contributed by atoms with van der Waals surface area (Å²) >= 11 is 0.755. The summed E-state index contributed by atoms with van der Waals surface area (Å²) in [5, 5.41) is 2.97. The molecule has 0 fully saturated rings. The highest BCUT2D eigenvalue weighted by molar-refractivity contribution is 6.35. The van der Waals surface area contributed by atoms with E-state index in [9.17, 15) is 0 Å². The van der Waals surface area contributed by atoms with Crippen LogP contribution in [0.15, 0.2) is 0 Å². The molecular weight excluding hydrogens is 123 g/mol. The van der Waals surface area contributed by atoms with Gasteiger partial charge in [0.05, 0.1) is 0 Å². The minimum atomic E-state index is 0. The van der Waals surface area contributed by atoms with Gasteiger partial charge in [0.15, 0.2) is 0 Å². The van der Waals surface area contributed by atoms with Crippen LogP contribution in [0.5, 0.6) is 0 Å². The molecule has 0 bridgehead atoms. The molecule has 0 aliphatic heterocycles. The summed E-state index contributed by atoms with van der Waals surface area (Å²) in [6, 6.07) is 0. The first-order valence-corrected chi connectivity index (χ1v) is 5.58. The van der Waals surface area contributed by atoms with Crippen LogP contribution in [0.1, 0.15) is 29.1 Å². The second-order valence-electron chi connectivity index (χ2n) is 3.55. The molecule has 0 aliphatic carbocycles. The van der Waals surface area contributed by atoms with E-state index in [0.29, 0.717) is 0 Å². The van der Waals surface area contributed by atoms with Crippen molar-refractivity contribution in [1.29, 1.82) is 0 Å². The molecule has 0 aliphatic rings. The van der Waals surface area contributed by atoms with Crippen LogP contribution in [-0.4, -0.2) is 15.2 Å². The van der Waals surface area contributed by atoms with Gasteiger partial charge in [-0.25, -0.2) is 0 Å². The Labute approximate surface area is 67.2 Å². The maximum Gasteiger partial charge on any atom is 0.200 e. The van der Waals surface area contributed by atoms with E-state index in [2.05, 4.69) is 27.7 Å². The van der Waals surface area contributed by atoms with Crippen LogP contribution in [0.25, 0.3) is 0 Å². The Bertz CT molecular complexity index is 54.3. The predicted molar refractivity (Wildman–Crippen MR) is 46.2 cm³/mol. The van der Waals surface area contributed by atoms with Crippen molar-refractivity contribution in [2.24, 2.45) is 11.8 Å². The minimum absolute atomic E-state index is 0. The molecule has 0 aromatic carbocycles. The van der Waals surface area contributed by atoms with E-state index < -0.39 is 0 Å². The van der Waals surface area contributed by atoms with Gasteiger partial charge in [-0.2, -0.15) is 0 Å². The van der Waals surface area contributed by atoms with Crippen molar-refractivity contribution in [3.63, 3.8) is 0 Å². The average Bonchev–Trinajstić information content (AvgIpc) is 1.63. The van der Waals surface area contributed by atoms with Gasteiger partial charge in [-0.3, -0.25) is 0 Å². The lowest BCUT2D eigenvalue weighted by Crippen LogP contribution is -1.99. The van der Waals surface area contributed by atoms with Gasteiger partial charge in [0.2, 0.25) is 15.2 Å². The Morgan fingerprint density at radius 1 is 1.00 bits per heavy atom. The Balaban J connectivity index is 0. The molecule has 0 aromatic rings. The summed E-state index contributed by atoms with van der Waals surface area (Å²) in [5.41, 5.74) is 0. The van der Waals surface area contributed by atoms with Gasteiger partial charge >= 0.3 is 0 Å². The first-order valence-electron chi connectivity index (χ1n) is 3.94. The second kappa shape index (κ2) is 5.33. The van der Waals surface area contributed by atoms with Crippen LogP contribution < -0.4 is 0 Å². The zero-order valence-electron chi connectivity index (χ0n) is 8.15. The van der Waals surface area contributed by atoms with Crippen LogP contribution >= 0.6 is 0 Å². The maximum absolute atomic E-state index is 2.31. The monoisotopic (exact) mass is 142 g/mol. The molecule has 0 rings (SSSR count). The van der Waals surface area contributed by atoms with Gasteiger partial charge in [0.25, 0.3) is 0 Å². The van der Waals surface area contributed by atoms with Crippen molar-refractivity contribution in [1.82, 2.24) is 0 Å². The van der Waals surface area contributed by atoms with E-state index in [1.165, 1.54) is 10.6 Å².